The number of rotatable bonds is 4. The first-order chi connectivity index (χ1) is 13.5. The molecule has 0 bridgehead atoms. The fourth-order valence-corrected chi connectivity index (χ4v) is 3.42. The van der Waals surface area contributed by atoms with Crippen molar-refractivity contribution in [3.05, 3.63) is 47.6 Å². The molecule has 1 aliphatic rings. The summed E-state index contributed by atoms with van der Waals surface area (Å²) in [6.07, 6.45) is 7.44. The third-order valence-electron chi connectivity index (χ3n) is 5.09. The molecule has 0 aromatic carbocycles. The Kier molecular flexibility index (Phi) is 4.68. The van der Waals surface area contributed by atoms with Gasteiger partial charge in [-0.15, -0.1) is 0 Å². The third kappa shape index (κ3) is 3.29. The fraction of sp³-hybridized carbons (Fsp3) is 0.368. The van der Waals surface area contributed by atoms with E-state index in [9.17, 15) is 9.18 Å². The van der Waals surface area contributed by atoms with Gasteiger partial charge < -0.3 is 19.9 Å². The largest absolute Gasteiger partial charge is 0.354 e. The van der Waals surface area contributed by atoms with Gasteiger partial charge in [-0.2, -0.15) is 0 Å². The Hall–Kier alpha value is -3.07. The number of pyridine rings is 1. The van der Waals surface area contributed by atoms with Crippen molar-refractivity contribution in [3.8, 4) is 0 Å². The lowest BCUT2D eigenvalue weighted by Gasteiger charge is -2.17. The van der Waals surface area contributed by atoms with E-state index in [-0.39, 0.29) is 11.3 Å². The van der Waals surface area contributed by atoms with Crippen LogP contribution >= 0.6 is 0 Å². The molecule has 0 spiro atoms. The summed E-state index contributed by atoms with van der Waals surface area (Å²) in [5, 5.41) is 5.97. The van der Waals surface area contributed by atoms with Gasteiger partial charge in [0, 0.05) is 37.1 Å². The second-order valence-corrected chi connectivity index (χ2v) is 7.03. The summed E-state index contributed by atoms with van der Waals surface area (Å²) in [4.78, 5) is 27.5. The highest BCUT2D eigenvalue weighted by Gasteiger charge is 2.22. The zero-order valence-corrected chi connectivity index (χ0v) is 16.0. The van der Waals surface area contributed by atoms with Crippen LogP contribution in [0.5, 0.6) is 0 Å². The average Bonchev–Trinajstić information content (AvgIpc) is 3.32. The molecule has 8 nitrogen and oxygen atoms in total. The van der Waals surface area contributed by atoms with Crippen LogP contribution in [0.4, 0.5) is 15.9 Å². The number of carbonyl (C=O) groups excluding carboxylic acids is 1. The van der Waals surface area contributed by atoms with Crippen molar-refractivity contribution < 1.29 is 9.18 Å². The minimum absolute atomic E-state index is 0.176. The van der Waals surface area contributed by atoms with Crippen molar-refractivity contribution in [1.82, 2.24) is 24.7 Å². The smallest absolute Gasteiger partial charge is 0.275 e. The highest BCUT2D eigenvalue weighted by Crippen LogP contribution is 2.23. The fourth-order valence-electron chi connectivity index (χ4n) is 3.42. The van der Waals surface area contributed by atoms with Crippen LogP contribution in [-0.4, -0.2) is 51.4 Å². The van der Waals surface area contributed by atoms with Gasteiger partial charge in [0.1, 0.15) is 11.5 Å². The Labute approximate surface area is 161 Å². The molecule has 1 amide bonds. The van der Waals surface area contributed by atoms with Crippen molar-refractivity contribution >= 4 is 23.1 Å². The lowest BCUT2D eigenvalue weighted by atomic mass is 10.2. The first-order valence-corrected chi connectivity index (χ1v) is 9.16. The lowest BCUT2D eigenvalue weighted by Crippen LogP contribution is -2.30. The molecule has 1 aliphatic heterocycles. The summed E-state index contributed by atoms with van der Waals surface area (Å²) >= 11 is 0. The Morgan fingerprint density at radius 2 is 2.07 bits per heavy atom. The van der Waals surface area contributed by atoms with Gasteiger partial charge in [0.05, 0.1) is 23.8 Å². The molecule has 0 aliphatic carbocycles. The number of amides is 1. The Bertz CT molecular complexity index is 1030. The van der Waals surface area contributed by atoms with E-state index < -0.39 is 11.7 Å². The molecule has 1 fully saturated rings. The average molecular weight is 383 g/mol. The number of hydrogen-bond donors (Lipinski definition) is 2. The quantitative estimate of drug-likeness (QED) is 0.716. The van der Waals surface area contributed by atoms with Gasteiger partial charge in [0.2, 0.25) is 0 Å². The highest BCUT2D eigenvalue weighted by atomic mass is 19.1. The van der Waals surface area contributed by atoms with Crippen LogP contribution < -0.4 is 15.5 Å². The van der Waals surface area contributed by atoms with Crippen LogP contribution in [0.1, 0.15) is 28.2 Å². The SMILES string of the molecule is CN[C@@H]1CCN(c2cnc(C(=O)Nc3cn4cc(C)nc4c(F)c3C)cn2)C1. The van der Waals surface area contributed by atoms with Gasteiger partial charge in [-0.25, -0.2) is 19.3 Å². The standard InChI is InChI=1S/C19H22FN7O/c1-11-8-27-10-15(12(2)17(20)18(27)24-11)25-19(28)14-6-23-16(7-22-14)26-5-4-13(9-26)21-3/h6-8,10,13,21H,4-5,9H2,1-3H3,(H,25,28)/t13-/m1/s1. The molecule has 3 aromatic heterocycles. The maximum atomic E-state index is 14.5. The minimum atomic E-state index is -0.458. The van der Waals surface area contributed by atoms with E-state index in [1.54, 1.807) is 36.8 Å². The molecule has 28 heavy (non-hydrogen) atoms. The van der Waals surface area contributed by atoms with E-state index >= 15 is 0 Å². The van der Waals surface area contributed by atoms with E-state index in [1.807, 2.05) is 7.05 Å². The number of anilines is 2. The van der Waals surface area contributed by atoms with Gasteiger partial charge >= 0.3 is 0 Å². The number of fused-ring (bicyclic) bond motifs is 1. The molecule has 4 rings (SSSR count). The number of carbonyl (C=O) groups is 1. The molecular weight excluding hydrogens is 361 g/mol. The van der Waals surface area contributed by atoms with Crippen molar-refractivity contribution in [3.63, 3.8) is 0 Å². The molecule has 9 heteroatoms. The number of likely N-dealkylation sites (N-methyl/N-ethyl adjacent to an activating group) is 1. The van der Waals surface area contributed by atoms with Gasteiger partial charge in [-0.1, -0.05) is 0 Å². The normalized spacial score (nSPS) is 16.7. The van der Waals surface area contributed by atoms with Crippen LogP contribution in [0, 0.1) is 19.7 Å². The van der Waals surface area contributed by atoms with Crippen molar-refractivity contribution in [2.24, 2.45) is 0 Å². The molecule has 4 heterocycles. The Morgan fingerprint density at radius 1 is 1.25 bits per heavy atom. The first-order valence-electron chi connectivity index (χ1n) is 9.16. The predicted molar refractivity (Wildman–Crippen MR) is 104 cm³/mol. The van der Waals surface area contributed by atoms with Crippen LogP contribution in [0.25, 0.3) is 5.65 Å². The van der Waals surface area contributed by atoms with Gasteiger partial charge in [0.25, 0.3) is 5.91 Å². The molecule has 0 radical (unpaired) electrons. The van der Waals surface area contributed by atoms with Crippen LogP contribution in [0.15, 0.2) is 24.8 Å². The van der Waals surface area contributed by atoms with E-state index in [1.165, 1.54) is 6.20 Å². The summed E-state index contributed by atoms with van der Waals surface area (Å²) < 4.78 is 16.1. The molecule has 0 unspecified atom stereocenters. The van der Waals surface area contributed by atoms with E-state index in [0.717, 1.165) is 25.3 Å². The first kappa shape index (κ1) is 18.3. The molecule has 3 aromatic rings. The van der Waals surface area contributed by atoms with Crippen molar-refractivity contribution in [2.75, 3.05) is 30.4 Å². The predicted octanol–water partition coefficient (Wildman–Crippen LogP) is 1.93. The number of nitrogens with zero attached hydrogens (tertiary/aromatic N) is 5. The second kappa shape index (κ2) is 7.16. The van der Waals surface area contributed by atoms with Crippen molar-refractivity contribution in [1.29, 1.82) is 0 Å². The molecule has 0 saturated carbocycles. The number of nitrogens with one attached hydrogen (secondary N) is 2. The van der Waals surface area contributed by atoms with E-state index in [2.05, 4.69) is 30.5 Å². The van der Waals surface area contributed by atoms with E-state index in [0.29, 0.717) is 23.0 Å². The molecular formula is C19H22FN7O. The molecule has 1 atom stereocenters. The van der Waals surface area contributed by atoms with Gasteiger partial charge in [0.15, 0.2) is 11.5 Å². The lowest BCUT2D eigenvalue weighted by molar-refractivity contribution is 0.102. The van der Waals surface area contributed by atoms with Crippen LogP contribution in [-0.2, 0) is 0 Å². The molecule has 2 N–H and O–H groups in total. The second-order valence-electron chi connectivity index (χ2n) is 7.03. The molecule has 1 saturated heterocycles. The summed E-state index contributed by atoms with van der Waals surface area (Å²) in [6, 6.07) is 0.435. The Morgan fingerprint density at radius 3 is 2.75 bits per heavy atom. The zero-order chi connectivity index (χ0) is 19.8. The summed E-state index contributed by atoms with van der Waals surface area (Å²) in [5.74, 6) is -0.153. The summed E-state index contributed by atoms with van der Waals surface area (Å²) in [5.41, 5.74) is 1.81. The topological polar surface area (TPSA) is 87.5 Å². The molecule has 146 valence electrons. The van der Waals surface area contributed by atoms with Gasteiger partial charge in [-0.3, -0.25) is 4.79 Å². The van der Waals surface area contributed by atoms with Crippen LogP contribution in [0.2, 0.25) is 0 Å². The number of aryl methyl sites for hydroxylation is 1. The Balaban J connectivity index is 1.52. The number of hydrogen-bond acceptors (Lipinski definition) is 6. The minimum Gasteiger partial charge on any atom is -0.354 e. The third-order valence-corrected chi connectivity index (χ3v) is 5.09. The number of aromatic nitrogens is 4. The monoisotopic (exact) mass is 383 g/mol. The van der Waals surface area contributed by atoms with Gasteiger partial charge in [-0.05, 0) is 27.3 Å². The summed E-state index contributed by atoms with van der Waals surface area (Å²) in [7, 11) is 1.94. The highest BCUT2D eigenvalue weighted by molar-refractivity contribution is 6.03. The summed E-state index contributed by atoms with van der Waals surface area (Å²) in [6.45, 7) is 5.15. The van der Waals surface area contributed by atoms with Crippen LogP contribution in [0.3, 0.4) is 0 Å². The zero-order valence-electron chi connectivity index (χ0n) is 16.0. The maximum absolute atomic E-state index is 14.5. The van der Waals surface area contributed by atoms with E-state index in [4.69, 9.17) is 0 Å². The maximum Gasteiger partial charge on any atom is 0.275 e. The van der Waals surface area contributed by atoms with Crippen molar-refractivity contribution in [2.45, 2.75) is 26.3 Å². The number of halogens is 1. The number of imidazole rings is 1.